The molecule has 0 aliphatic rings. The van der Waals surface area contributed by atoms with Crippen LogP contribution in [0.25, 0.3) is 0 Å². The van der Waals surface area contributed by atoms with Gasteiger partial charge in [0.15, 0.2) is 6.10 Å². The fraction of sp³-hybridized carbons (Fsp3) is 0.500. The zero-order chi connectivity index (χ0) is 14.6. The molecule has 19 heavy (non-hydrogen) atoms. The minimum Gasteiger partial charge on any atom is -0.479 e. The van der Waals surface area contributed by atoms with Gasteiger partial charge in [0.25, 0.3) is 0 Å². The minimum atomic E-state index is -1.57. The average molecular weight is 267 g/mol. The number of carbonyl (C=O) groups is 1. The molecule has 4 N–H and O–H groups in total. The largest absolute Gasteiger partial charge is 0.479 e. The molecule has 0 saturated heterocycles. The van der Waals surface area contributed by atoms with Gasteiger partial charge in [-0.2, -0.15) is 0 Å². The summed E-state index contributed by atoms with van der Waals surface area (Å²) in [6.07, 6.45) is -2.32. The van der Waals surface area contributed by atoms with E-state index in [0.717, 1.165) is 0 Å². The van der Waals surface area contributed by atoms with Gasteiger partial charge < -0.3 is 20.6 Å². The summed E-state index contributed by atoms with van der Waals surface area (Å²) in [7, 11) is 0. The highest BCUT2D eigenvalue weighted by Gasteiger charge is 2.18. The van der Waals surface area contributed by atoms with Crippen LogP contribution >= 0.6 is 0 Å². The van der Waals surface area contributed by atoms with E-state index in [1.807, 2.05) is 20.8 Å². The molecule has 1 aromatic rings. The fourth-order valence-corrected chi connectivity index (χ4v) is 1.60. The predicted molar refractivity (Wildman–Crippen MR) is 71.8 cm³/mol. The molecule has 1 rings (SSSR count). The average Bonchev–Trinajstić information content (AvgIpc) is 2.34. The minimum absolute atomic E-state index is 0.112. The first kappa shape index (κ1) is 15.6. The van der Waals surface area contributed by atoms with Crippen LogP contribution in [0.3, 0.4) is 0 Å². The number of hydrogen-bond donors (Lipinski definition) is 4. The van der Waals surface area contributed by atoms with Crippen LogP contribution in [-0.4, -0.2) is 33.4 Å². The van der Waals surface area contributed by atoms with Crippen molar-refractivity contribution in [3.63, 3.8) is 0 Å². The van der Waals surface area contributed by atoms with Crippen molar-refractivity contribution in [1.82, 2.24) is 5.32 Å². The number of aliphatic hydroxyl groups is 2. The first-order valence-electron chi connectivity index (χ1n) is 6.14. The van der Waals surface area contributed by atoms with Gasteiger partial charge in [0.05, 0.1) is 6.10 Å². The molecular formula is C14H21NO4. The molecule has 0 amide bonds. The summed E-state index contributed by atoms with van der Waals surface area (Å²) in [5.74, 6) is -1.31. The first-order chi connectivity index (χ1) is 8.70. The summed E-state index contributed by atoms with van der Waals surface area (Å²) >= 11 is 0. The Labute approximate surface area is 112 Å². The molecule has 1 aromatic carbocycles. The van der Waals surface area contributed by atoms with Crippen molar-refractivity contribution >= 4 is 5.97 Å². The molecule has 0 aromatic heterocycles. The third-order valence-electron chi connectivity index (χ3n) is 2.67. The third kappa shape index (κ3) is 4.98. The molecule has 106 valence electrons. The highest BCUT2D eigenvalue weighted by atomic mass is 16.4. The van der Waals surface area contributed by atoms with Crippen molar-refractivity contribution in [3.8, 4) is 0 Å². The van der Waals surface area contributed by atoms with Crippen molar-refractivity contribution in [3.05, 3.63) is 35.4 Å². The van der Waals surface area contributed by atoms with Crippen molar-refractivity contribution in [2.45, 2.75) is 38.5 Å². The van der Waals surface area contributed by atoms with Gasteiger partial charge in [-0.1, -0.05) is 18.2 Å². The first-order valence-corrected chi connectivity index (χ1v) is 6.14. The maximum Gasteiger partial charge on any atom is 0.337 e. The topological polar surface area (TPSA) is 89.8 Å². The molecule has 0 spiro atoms. The van der Waals surface area contributed by atoms with E-state index >= 15 is 0 Å². The number of carboxylic acid groups (broad SMARTS) is 1. The molecule has 0 aliphatic carbocycles. The molecule has 2 atom stereocenters. The van der Waals surface area contributed by atoms with E-state index in [0.29, 0.717) is 12.1 Å². The molecular weight excluding hydrogens is 246 g/mol. The number of benzene rings is 1. The Balaban J connectivity index is 2.78. The zero-order valence-electron chi connectivity index (χ0n) is 11.4. The highest BCUT2D eigenvalue weighted by molar-refractivity contribution is 5.74. The van der Waals surface area contributed by atoms with Crippen LogP contribution < -0.4 is 5.32 Å². The quantitative estimate of drug-likeness (QED) is 0.644. The van der Waals surface area contributed by atoms with Crippen molar-refractivity contribution in [2.24, 2.45) is 0 Å². The Bertz CT molecular complexity index is 439. The van der Waals surface area contributed by atoms with Gasteiger partial charge in [0.1, 0.15) is 0 Å². The summed E-state index contributed by atoms with van der Waals surface area (Å²) in [5, 5.41) is 31.4. The lowest BCUT2D eigenvalue weighted by molar-refractivity contribution is -0.146. The summed E-state index contributed by atoms with van der Waals surface area (Å²) in [6.45, 7) is 6.33. The maximum absolute atomic E-state index is 10.7. The Kier molecular flexibility index (Phi) is 5.05. The smallest absolute Gasteiger partial charge is 0.337 e. The van der Waals surface area contributed by atoms with Crippen LogP contribution in [0, 0.1) is 0 Å². The second kappa shape index (κ2) is 6.14. The van der Waals surface area contributed by atoms with Crippen LogP contribution in [0.1, 0.15) is 44.1 Å². The Hall–Kier alpha value is -1.43. The van der Waals surface area contributed by atoms with Gasteiger partial charge in [-0.05, 0) is 38.0 Å². The van der Waals surface area contributed by atoms with Gasteiger partial charge in [-0.3, -0.25) is 0 Å². The molecule has 0 radical (unpaired) electrons. The number of β-amino-alcohol motifs (C(OH)–C–C–N with tert-alkyl or cyclic N) is 1. The lowest BCUT2D eigenvalue weighted by Crippen LogP contribution is -2.38. The van der Waals surface area contributed by atoms with E-state index < -0.39 is 18.2 Å². The van der Waals surface area contributed by atoms with E-state index in [2.05, 4.69) is 5.32 Å². The SMILES string of the molecule is CC(C)(C)NCC(O)c1cccc(C(O)C(=O)O)c1. The number of rotatable bonds is 5. The summed E-state index contributed by atoms with van der Waals surface area (Å²) < 4.78 is 0. The number of hydrogen-bond acceptors (Lipinski definition) is 4. The summed E-state index contributed by atoms with van der Waals surface area (Å²) in [5.41, 5.74) is 0.730. The van der Waals surface area contributed by atoms with Gasteiger partial charge in [0, 0.05) is 12.1 Å². The normalized spacial score (nSPS) is 15.0. The van der Waals surface area contributed by atoms with Gasteiger partial charge >= 0.3 is 5.97 Å². The van der Waals surface area contributed by atoms with Crippen LogP contribution in [0.15, 0.2) is 24.3 Å². The zero-order valence-corrected chi connectivity index (χ0v) is 11.4. The van der Waals surface area contributed by atoms with Crippen LogP contribution in [-0.2, 0) is 4.79 Å². The highest BCUT2D eigenvalue weighted by Crippen LogP contribution is 2.19. The lowest BCUT2D eigenvalue weighted by Gasteiger charge is -2.23. The van der Waals surface area contributed by atoms with Gasteiger partial charge in [-0.15, -0.1) is 0 Å². The van der Waals surface area contributed by atoms with E-state index in [9.17, 15) is 15.0 Å². The lowest BCUT2D eigenvalue weighted by atomic mass is 10.0. The Morgan fingerprint density at radius 1 is 1.26 bits per heavy atom. The molecule has 5 heteroatoms. The molecule has 2 unspecified atom stereocenters. The number of carboxylic acids is 1. The number of aliphatic hydroxyl groups excluding tert-OH is 2. The van der Waals surface area contributed by atoms with Crippen molar-refractivity contribution < 1.29 is 20.1 Å². The standard InChI is InChI=1S/C14H21NO4/c1-14(2,3)15-8-11(16)9-5-4-6-10(7-9)12(17)13(18)19/h4-7,11-12,15-17H,8H2,1-3H3,(H,18,19). The maximum atomic E-state index is 10.7. The van der Waals surface area contributed by atoms with Crippen molar-refractivity contribution in [2.75, 3.05) is 6.54 Å². The third-order valence-corrected chi connectivity index (χ3v) is 2.67. The monoisotopic (exact) mass is 267 g/mol. The molecule has 0 aliphatic heterocycles. The second-order valence-electron chi connectivity index (χ2n) is 5.56. The van der Waals surface area contributed by atoms with E-state index in [4.69, 9.17) is 5.11 Å². The van der Waals surface area contributed by atoms with Crippen LogP contribution in [0.4, 0.5) is 0 Å². The Morgan fingerprint density at radius 3 is 2.37 bits per heavy atom. The van der Waals surface area contributed by atoms with Crippen LogP contribution in [0.2, 0.25) is 0 Å². The number of aliphatic carboxylic acids is 1. The van der Waals surface area contributed by atoms with Crippen LogP contribution in [0.5, 0.6) is 0 Å². The van der Waals surface area contributed by atoms with Gasteiger partial charge in [0.2, 0.25) is 0 Å². The molecule has 0 fully saturated rings. The molecule has 5 nitrogen and oxygen atoms in total. The summed E-state index contributed by atoms with van der Waals surface area (Å²) in [4.78, 5) is 10.7. The van der Waals surface area contributed by atoms with E-state index in [1.165, 1.54) is 12.1 Å². The molecule has 0 bridgehead atoms. The van der Waals surface area contributed by atoms with Crippen molar-refractivity contribution in [1.29, 1.82) is 0 Å². The summed E-state index contributed by atoms with van der Waals surface area (Å²) in [6, 6.07) is 6.35. The second-order valence-corrected chi connectivity index (χ2v) is 5.56. The number of nitrogens with one attached hydrogen (secondary N) is 1. The molecule has 0 heterocycles. The predicted octanol–water partition coefficient (Wildman–Crippen LogP) is 1.23. The van der Waals surface area contributed by atoms with E-state index in [-0.39, 0.29) is 11.1 Å². The Morgan fingerprint density at radius 2 is 1.84 bits per heavy atom. The van der Waals surface area contributed by atoms with Gasteiger partial charge in [-0.25, -0.2) is 4.79 Å². The van der Waals surface area contributed by atoms with E-state index in [1.54, 1.807) is 12.1 Å². The fourth-order valence-electron chi connectivity index (χ4n) is 1.60. The molecule has 0 saturated carbocycles.